The van der Waals surface area contributed by atoms with Crippen molar-refractivity contribution in [3.05, 3.63) is 36.4 Å². The van der Waals surface area contributed by atoms with Crippen LogP contribution in [0.4, 0.5) is 0 Å². The number of aromatic nitrogens is 1. The van der Waals surface area contributed by atoms with Crippen LogP contribution in [0.25, 0.3) is 10.9 Å². The Morgan fingerprint density at radius 1 is 0.923 bits per heavy atom. The van der Waals surface area contributed by atoms with Gasteiger partial charge in [-0.3, -0.25) is 0 Å². The van der Waals surface area contributed by atoms with Gasteiger partial charge in [-0.25, -0.2) is 4.98 Å². The number of benzene rings is 1. The van der Waals surface area contributed by atoms with Crippen LogP contribution in [0.3, 0.4) is 0 Å². The summed E-state index contributed by atoms with van der Waals surface area (Å²) in [4.78, 5) is 3.93. The molecule has 0 aliphatic heterocycles. The first kappa shape index (κ1) is 13.4. The molecule has 2 rings (SSSR count). The summed E-state index contributed by atoms with van der Waals surface area (Å²) in [7, 11) is 0. The van der Waals surface area contributed by atoms with Crippen molar-refractivity contribution in [2.75, 3.05) is 0 Å². The normalized spacial score (nSPS) is 8.62. The molecule has 0 spiro atoms. The third-order valence-corrected chi connectivity index (χ3v) is 1.58. The topological polar surface area (TPSA) is 33.1 Å². The van der Waals surface area contributed by atoms with E-state index in [0.717, 1.165) is 10.9 Å². The van der Waals surface area contributed by atoms with Crippen molar-refractivity contribution in [3.8, 4) is 5.88 Å². The summed E-state index contributed by atoms with van der Waals surface area (Å²) in [6.07, 6.45) is 0. The Morgan fingerprint density at radius 3 is 2.38 bits per heavy atom. The summed E-state index contributed by atoms with van der Waals surface area (Å²) in [5.74, 6) is 0.0729. The van der Waals surface area contributed by atoms with Crippen LogP contribution < -0.4 is 0 Å². The van der Waals surface area contributed by atoms with Gasteiger partial charge in [0.2, 0.25) is 5.88 Å². The van der Waals surface area contributed by atoms with E-state index in [4.69, 9.17) is 5.11 Å². The Morgan fingerprint density at radius 2 is 1.62 bits per heavy atom. The molecule has 0 amide bonds. The minimum absolute atomic E-state index is 0. The van der Waals surface area contributed by atoms with Gasteiger partial charge >= 0.3 is 59.1 Å². The number of hydrogen-bond acceptors (Lipinski definition) is 2. The number of rotatable bonds is 0. The van der Waals surface area contributed by atoms with E-state index in [1.165, 1.54) is 0 Å². The number of pyridine rings is 1. The molecule has 2 nitrogen and oxygen atoms in total. The predicted molar refractivity (Wildman–Crippen MR) is 57.7 cm³/mol. The number of nitrogens with zero attached hydrogens (tertiary/aromatic N) is 1. The molecule has 0 saturated carbocycles. The summed E-state index contributed by atoms with van der Waals surface area (Å²) in [5.41, 5.74) is 0.826. The van der Waals surface area contributed by atoms with Crippen LogP contribution in [-0.4, -0.2) is 69.2 Å². The molecule has 0 saturated heterocycles. The van der Waals surface area contributed by atoms with E-state index >= 15 is 0 Å². The van der Waals surface area contributed by atoms with E-state index in [0.29, 0.717) is 0 Å². The van der Waals surface area contributed by atoms with Gasteiger partial charge < -0.3 is 5.11 Å². The predicted octanol–water partition coefficient (Wildman–Crippen LogP) is 0.643. The number of hydrogen-bond donors (Lipinski definition) is 1. The summed E-state index contributed by atoms with van der Waals surface area (Å²) < 4.78 is 0. The molecule has 0 aliphatic carbocycles. The van der Waals surface area contributed by atoms with Gasteiger partial charge in [-0.15, -0.1) is 0 Å². The van der Waals surface area contributed by atoms with Crippen LogP contribution in [0.2, 0.25) is 0 Å². The molecule has 0 aliphatic rings. The number of aromatic hydroxyl groups is 1. The zero-order valence-electron chi connectivity index (χ0n) is 5.86. The first-order valence-corrected chi connectivity index (χ1v) is 3.41. The zero-order chi connectivity index (χ0) is 7.68. The Bertz CT molecular complexity index is 392. The van der Waals surface area contributed by atoms with Crippen LogP contribution in [0, 0.1) is 0 Å². The van der Waals surface area contributed by atoms with Crippen molar-refractivity contribution in [1.29, 1.82) is 0 Å². The maximum absolute atomic E-state index is 9.02. The van der Waals surface area contributed by atoms with Crippen molar-refractivity contribution >= 4 is 70.0 Å². The maximum atomic E-state index is 9.02. The summed E-state index contributed by atoms with van der Waals surface area (Å²) in [5, 5.41) is 10.1. The first-order chi connectivity index (χ1) is 5.36. The summed E-state index contributed by atoms with van der Waals surface area (Å²) in [6, 6.07) is 11.1. The summed E-state index contributed by atoms with van der Waals surface area (Å²) in [6.45, 7) is 0. The zero-order valence-corrected chi connectivity index (χ0v) is 5.86. The second kappa shape index (κ2) is 6.02. The third-order valence-electron chi connectivity index (χ3n) is 1.58. The fraction of sp³-hybridized carbons (Fsp3) is 0. The van der Waals surface area contributed by atoms with Crippen LogP contribution in [0.15, 0.2) is 36.4 Å². The van der Waals surface area contributed by atoms with Crippen molar-refractivity contribution < 1.29 is 5.11 Å². The SMILES string of the molecule is Oc1ccc2ccccc2n1.[NaH].[NaH]. The quantitative estimate of drug-likeness (QED) is 0.623. The van der Waals surface area contributed by atoms with Gasteiger partial charge in [0.15, 0.2) is 0 Å². The van der Waals surface area contributed by atoms with Crippen molar-refractivity contribution in [2.24, 2.45) is 0 Å². The van der Waals surface area contributed by atoms with Gasteiger partial charge in [-0.2, -0.15) is 0 Å². The standard InChI is InChI=1S/C9H7NO.2Na.2H/c11-9-6-5-7-3-1-2-4-8(7)10-9;;;;/h1-6H,(H,10,11);;;;. The molecule has 1 N–H and O–H groups in total. The summed E-state index contributed by atoms with van der Waals surface area (Å²) >= 11 is 0. The first-order valence-electron chi connectivity index (χ1n) is 3.41. The van der Waals surface area contributed by atoms with E-state index in [-0.39, 0.29) is 65.0 Å². The molecule has 4 heteroatoms. The Hall–Kier alpha value is 0.430. The van der Waals surface area contributed by atoms with Gasteiger partial charge in [0.25, 0.3) is 0 Å². The van der Waals surface area contributed by atoms with Crippen LogP contribution in [0.5, 0.6) is 5.88 Å². The molecule has 0 fully saturated rings. The fourth-order valence-electron chi connectivity index (χ4n) is 1.06. The Balaban J connectivity index is 0.000000720. The van der Waals surface area contributed by atoms with Crippen LogP contribution >= 0.6 is 0 Å². The molecule has 1 aromatic heterocycles. The van der Waals surface area contributed by atoms with Crippen molar-refractivity contribution in [3.63, 3.8) is 0 Å². The van der Waals surface area contributed by atoms with Gasteiger partial charge in [0.1, 0.15) is 0 Å². The van der Waals surface area contributed by atoms with E-state index < -0.39 is 0 Å². The molecule has 1 heterocycles. The van der Waals surface area contributed by atoms with E-state index in [9.17, 15) is 0 Å². The van der Waals surface area contributed by atoms with Gasteiger partial charge in [-0.1, -0.05) is 18.2 Å². The molecular formula is C9H9NNa2O. The molecule has 0 atom stereocenters. The van der Waals surface area contributed by atoms with Crippen molar-refractivity contribution in [1.82, 2.24) is 4.98 Å². The van der Waals surface area contributed by atoms with Crippen molar-refractivity contribution in [2.45, 2.75) is 0 Å². The molecule has 0 bridgehead atoms. The van der Waals surface area contributed by atoms with E-state index in [2.05, 4.69) is 4.98 Å². The molecule has 13 heavy (non-hydrogen) atoms. The molecular weight excluding hydrogens is 184 g/mol. The Labute approximate surface area is 121 Å². The molecule has 1 aromatic carbocycles. The van der Waals surface area contributed by atoms with Gasteiger partial charge in [0, 0.05) is 11.5 Å². The minimum atomic E-state index is 0. The van der Waals surface area contributed by atoms with E-state index in [1.807, 2.05) is 30.3 Å². The number of fused-ring (bicyclic) bond motifs is 1. The third kappa shape index (κ3) is 3.24. The molecule has 0 radical (unpaired) electrons. The fourth-order valence-corrected chi connectivity index (χ4v) is 1.06. The van der Waals surface area contributed by atoms with Crippen LogP contribution in [0.1, 0.15) is 0 Å². The second-order valence-corrected chi connectivity index (χ2v) is 2.36. The number of para-hydroxylation sites is 1. The molecule has 2 aromatic rings. The molecule has 58 valence electrons. The van der Waals surface area contributed by atoms with Crippen LogP contribution in [-0.2, 0) is 0 Å². The average molecular weight is 193 g/mol. The average Bonchev–Trinajstić information content (AvgIpc) is 2.04. The van der Waals surface area contributed by atoms with Gasteiger partial charge in [0.05, 0.1) is 5.52 Å². The van der Waals surface area contributed by atoms with Gasteiger partial charge in [-0.05, 0) is 12.1 Å². The monoisotopic (exact) mass is 193 g/mol. The molecule has 0 unspecified atom stereocenters. The second-order valence-electron chi connectivity index (χ2n) is 2.36. The van der Waals surface area contributed by atoms with E-state index in [1.54, 1.807) is 6.07 Å². The Kier molecular flexibility index (Phi) is 6.21.